The Balaban J connectivity index is 2.39. The van der Waals surface area contributed by atoms with E-state index < -0.39 is 0 Å². The van der Waals surface area contributed by atoms with Gasteiger partial charge in [0.1, 0.15) is 6.07 Å². The Bertz CT molecular complexity index is 484. The van der Waals surface area contributed by atoms with Crippen molar-refractivity contribution in [1.29, 1.82) is 5.26 Å². The molecule has 2 rings (SSSR count). The topological polar surface area (TPSA) is 52.0 Å². The quantitative estimate of drug-likeness (QED) is 0.902. The molecule has 1 aromatic heterocycles. The number of hydrogen-bond donors (Lipinski definition) is 1. The molecule has 1 aliphatic rings. The van der Waals surface area contributed by atoms with Gasteiger partial charge >= 0.3 is 0 Å². The number of rotatable bonds is 3. The van der Waals surface area contributed by atoms with E-state index in [2.05, 4.69) is 28.2 Å². The molecule has 0 bridgehead atoms. The van der Waals surface area contributed by atoms with Gasteiger partial charge in [-0.25, -0.2) is 0 Å². The number of likely N-dealkylation sites (N-methyl/N-ethyl adjacent to an activating group) is 1. The minimum Gasteiger partial charge on any atom is -0.366 e. The van der Waals surface area contributed by atoms with Gasteiger partial charge in [-0.3, -0.25) is 4.98 Å². The van der Waals surface area contributed by atoms with Crippen LogP contribution in [-0.2, 0) is 0 Å². The van der Waals surface area contributed by atoms with Gasteiger partial charge in [-0.1, -0.05) is 0 Å². The Labute approximate surface area is 115 Å². The summed E-state index contributed by atoms with van der Waals surface area (Å²) in [6.07, 6.45) is 2.39. The Hall–Kier alpha value is -1.60. The number of nitriles is 1. The molecule has 0 aliphatic carbocycles. The summed E-state index contributed by atoms with van der Waals surface area (Å²) < 4.78 is 0. The molecule has 1 aliphatic heterocycles. The first-order valence-corrected chi connectivity index (χ1v) is 7.03. The summed E-state index contributed by atoms with van der Waals surface area (Å²) in [6.45, 7) is 9.09. The molecule has 1 fully saturated rings. The maximum absolute atomic E-state index is 9.40. The van der Waals surface area contributed by atoms with E-state index in [9.17, 15) is 5.26 Å². The van der Waals surface area contributed by atoms with Crippen molar-refractivity contribution in [3.05, 3.63) is 23.0 Å². The summed E-state index contributed by atoms with van der Waals surface area (Å²) in [5, 5.41) is 12.8. The maximum Gasteiger partial charge on any atom is 0.103 e. The van der Waals surface area contributed by atoms with Crippen LogP contribution in [0.1, 0.15) is 36.7 Å². The van der Waals surface area contributed by atoms with Gasteiger partial charge < -0.3 is 10.2 Å². The second-order valence-corrected chi connectivity index (χ2v) is 5.14. The monoisotopic (exact) mass is 258 g/mol. The highest BCUT2D eigenvalue weighted by Crippen LogP contribution is 2.26. The molecule has 1 atom stereocenters. The van der Waals surface area contributed by atoms with Gasteiger partial charge in [0.2, 0.25) is 0 Å². The van der Waals surface area contributed by atoms with Gasteiger partial charge in [0.15, 0.2) is 0 Å². The van der Waals surface area contributed by atoms with Crippen LogP contribution in [0.2, 0.25) is 0 Å². The number of aromatic nitrogens is 1. The van der Waals surface area contributed by atoms with Crippen LogP contribution in [-0.4, -0.2) is 30.7 Å². The molecule has 0 amide bonds. The Morgan fingerprint density at radius 3 is 2.89 bits per heavy atom. The van der Waals surface area contributed by atoms with Crippen LogP contribution < -0.4 is 10.2 Å². The van der Waals surface area contributed by atoms with E-state index in [1.165, 1.54) is 12.8 Å². The maximum atomic E-state index is 9.40. The average Bonchev–Trinajstić information content (AvgIpc) is 2.40. The molecule has 4 nitrogen and oxygen atoms in total. The summed E-state index contributed by atoms with van der Waals surface area (Å²) in [4.78, 5) is 6.76. The highest BCUT2D eigenvalue weighted by molar-refractivity contribution is 5.62. The third-order valence-corrected chi connectivity index (χ3v) is 3.78. The van der Waals surface area contributed by atoms with Gasteiger partial charge in [0.25, 0.3) is 0 Å². The lowest BCUT2D eigenvalue weighted by Gasteiger charge is -2.36. The standard InChI is InChI=1S/C15H22N4/c1-4-19(13-6-5-7-17-10-13)15-8-11(2)18-12(3)14(15)9-16/h8,13,17H,4-7,10H2,1-3H3. The summed E-state index contributed by atoms with van der Waals surface area (Å²) in [5.74, 6) is 0. The van der Waals surface area contributed by atoms with Crippen molar-refractivity contribution in [2.24, 2.45) is 0 Å². The van der Waals surface area contributed by atoms with E-state index >= 15 is 0 Å². The molecule has 1 unspecified atom stereocenters. The van der Waals surface area contributed by atoms with Crippen LogP contribution in [0.15, 0.2) is 6.07 Å². The van der Waals surface area contributed by atoms with Crippen molar-refractivity contribution in [1.82, 2.24) is 10.3 Å². The van der Waals surface area contributed by atoms with Gasteiger partial charge in [-0.15, -0.1) is 0 Å². The molecule has 19 heavy (non-hydrogen) atoms. The predicted molar refractivity (Wildman–Crippen MR) is 77.3 cm³/mol. The summed E-state index contributed by atoms with van der Waals surface area (Å²) in [5.41, 5.74) is 3.58. The van der Waals surface area contributed by atoms with Crippen LogP contribution >= 0.6 is 0 Å². The summed E-state index contributed by atoms with van der Waals surface area (Å²) in [7, 11) is 0. The second-order valence-electron chi connectivity index (χ2n) is 5.14. The number of hydrogen-bond acceptors (Lipinski definition) is 4. The van der Waals surface area contributed by atoms with Crippen molar-refractivity contribution < 1.29 is 0 Å². The van der Waals surface area contributed by atoms with Crippen molar-refractivity contribution in [2.45, 2.75) is 39.7 Å². The third-order valence-electron chi connectivity index (χ3n) is 3.78. The molecule has 0 spiro atoms. The van der Waals surface area contributed by atoms with E-state index in [1.54, 1.807) is 0 Å². The zero-order valence-corrected chi connectivity index (χ0v) is 12.0. The van der Waals surface area contributed by atoms with E-state index in [4.69, 9.17) is 0 Å². The SMILES string of the molecule is CCN(c1cc(C)nc(C)c1C#N)C1CCCNC1. The highest BCUT2D eigenvalue weighted by Gasteiger charge is 2.23. The Morgan fingerprint density at radius 2 is 2.32 bits per heavy atom. The molecule has 0 saturated carbocycles. The van der Waals surface area contributed by atoms with E-state index in [0.29, 0.717) is 6.04 Å². The first-order chi connectivity index (χ1) is 9.17. The largest absolute Gasteiger partial charge is 0.366 e. The van der Waals surface area contributed by atoms with Crippen molar-refractivity contribution in [3.8, 4) is 6.07 Å². The van der Waals surface area contributed by atoms with Gasteiger partial charge in [-0.2, -0.15) is 5.26 Å². The van der Waals surface area contributed by atoms with E-state index in [0.717, 1.165) is 42.3 Å². The van der Waals surface area contributed by atoms with Crippen molar-refractivity contribution in [2.75, 3.05) is 24.5 Å². The lowest BCUT2D eigenvalue weighted by atomic mass is 10.0. The van der Waals surface area contributed by atoms with E-state index in [1.807, 2.05) is 19.9 Å². The molecule has 1 aromatic rings. The summed E-state index contributed by atoms with van der Waals surface area (Å²) in [6, 6.07) is 4.84. The zero-order valence-electron chi connectivity index (χ0n) is 12.0. The normalized spacial score (nSPS) is 18.9. The number of piperidine rings is 1. The van der Waals surface area contributed by atoms with Gasteiger partial charge in [-0.05, 0) is 46.2 Å². The average molecular weight is 258 g/mol. The van der Waals surface area contributed by atoms with Crippen molar-refractivity contribution in [3.63, 3.8) is 0 Å². The highest BCUT2D eigenvalue weighted by atomic mass is 15.2. The lowest BCUT2D eigenvalue weighted by Crippen LogP contribution is -2.46. The zero-order chi connectivity index (χ0) is 13.8. The second kappa shape index (κ2) is 6.03. The first-order valence-electron chi connectivity index (χ1n) is 7.03. The number of anilines is 1. The minimum atomic E-state index is 0.479. The lowest BCUT2D eigenvalue weighted by molar-refractivity contribution is 0.435. The molecule has 1 saturated heterocycles. The van der Waals surface area contributed by atoms with Crippen molar-refractivity contribution >= 4 is 5.69 Å². The fourth-order valence-electron chi connectivity index (χ4n) is 2.90. The van der Waals surface area contributed by atoms with Crippen LogP contribution in [0.4, 0.5) is 5.69 Å². The number of aryl methyl sites for hydroxylation is 2. The molecule has 1 N–H and O–H groups in total. The van der Waals surface area contributed by atoms with E-state index in [-0.39, 0.29) is 0 Å². The molecule has 2 heterocycles. The first kappa shape index (κ1) is 13.8. The van der Waals surface area contributed by atoms with Crippen LogP contribution in [0.5, 0.6) is 0 Å². The Morgan fingerprint density at radius 1 is 1.53 bits per heavy atom. The molecule has 102 valence electrons. The molecular formula is C15H22N4. The van der Waals surface area contributed by atoms with Crippen LogP contribution in [0, 0.1) is 25.2 Å². The number of pyridine rings is 1. The van der Waals surface area contributed by atoms with Gasteiger partial charge in [0.05, 0.1) is 16.9 Å². The third kappa shape index (κ3) is 2.87. The predicted octanol–water partition coefficient (Wildman–Crippen LogP) is 2.15. The van der Waals surface area contributed by atoms with Crippen LogP contribution in [0.3, 0.4) is 0 Å². The number of nitrogens with zero attached hydrogens (tertiary/aromatic N) is 3. The molecule has 0 aromatic carbocycles. The fourth-order valence-corrected chi connectivity index (χ4v) is 2.90. The number of nitrogens with one attached hydrogen (secondary N) is 1. The molecular weight excluding hydrogens is 236 g/mol. The fraction of sp³-hybridized carbons (Fsp3) is 0.600. The minimum absolute atomic E-state index is 0.479. The smallest absolute Gasteiger partial charge is 0.103 e. The van der Waals surface area contributed by atoms with Gasteiger partial charge in [0, 0.05) is 24.8 Å². The van der Waals surface area contributed by atoms with Crippen LogP contribution in [0.25, 0.3) is 0 Å². The molecule has 4 heteroatoms. The molecule has 0 radical (unpaired) electrons. The summed E-state index contributed by atoms with van der Waals surface area (Å²) >= 11 is 0. The Kier molecular flexibility index (Phi) is 4.39.